The van der Waals surface area contributed by atoms with E-state index >= 15 is 0 Å². The third kappa shape index (κ3) is 9.39. The van der Waals surface area contributed by atoms with Crippen LogP contribution in [0.15, 0.2) is 0 Å². The first-order valence-corrected chi connectivity index (χ1v) is 5.04. The lowest BCUT2D eigenvalue weighted by Gasteiger charge is -2.15. The molecule has 1 N–H and O–H groups in total. The number of nitrogens with zero attached hydrogens (tertiary/aromatic N) is 1. The van der Waals surface area contributed by atoms with Gasteiger partial charge in [0.2, 0.25) is 0 Å². The van der Waals surface area contributed by atoms with Crippen LogP contribution in [0.25, 0.3) is 0 Å². The van der Waals surface area contributed by atoms with E-state index in [0.29, 0.717) is 6.61 Å². The summed E-state index contributed by atoms with van der Waals surface area (Å²) in [4.78, 5) is 2.30. The molecule has 0 saturated carbocycles. The molecular weight excluding hydrogens is 162 g/mol. The lowest BCUT2D eigenvalue weighted by molar-refractivity contribution is 0.272. The minimum atomic E-state index is 0.320. The summed E-state index contributed by atoms with van der Waals surface area (Å²) in [6.45, 7) is 2.52. The Morgan fingerprint density at radius 2 is 1.85 bits per heavy atom. The standard InChI is InChI=1S/C11H21NO/c1-3-4-6-9-12(2)10-7-5-8-11-13/h1,13H,4-11H2,2H3. The van der Waals surface area contributed by atoms with Crippen LogP contribution in [0, 0.1) is 12.3 Å². The second-order valence-corrected chi connectivity index (χ2v) is 3.40. The molecule has 0 radical (unpaired) electrons. The highest BCUT2D eigenvalue weighted by molar-refractivity contribution is 4.83. The van der Waals surface area contributed by atoms with Gasteiger partial charge in [-0.1, -0.05) is 0 Å². The molecule has 0 aliphatic carbocycles. The van der Waals surface area contributed by atoms with Gasteiger partial charge in [-0.15, -0.1) is 12.3 Å². The molecule has 0 aliphatic rings. The first-order chi connectivity index (χ1) is 6.31. The summed E-state index contributed by atoms with van der Waals surface area (Å²) in [5.74, 6) is 2.64. The average Bonchev–Trinajstić information content (AvgIpc) is 2.13. The van der Waals surface area contributed by atoms with Crippen molar-refractivity contribution in [1.29, 1.82) is 0 Å². The van der Waals surface area contributed by atoms with Crippen LogP contribution in [0.2, 0.25) is 0 Å². The zero-order valence-corrected chi connectivity index (χ0v) is 8.63. The minimum Gasteiger partial charge on any atom is -0.396 e. The molecule has 2 heteroatoms. The van der Waals surface area contributed by atoms with E-state index < -0.39 is 0 Å². The molecule has 0 fully saturated rings. The molecule has 0 aromatic heterocycles. The molecule has 0 saturated heterocycles. The van der Waals surface area contributed by atoms with Crippen LogP contribution in [0.5, 0.6) is 0 Å². The molecule has 0 spiro atoms. The van der Waals surface area contributed by atoms with Gasteiger partial charge in [-0.05, 0) is 45.8 Å². The quantitative estimate of drug-likeness (QED) is 0.455. The van der Waals surface area contributed by atoms with Gasteiger partial charge in [0.1, 0.15) is 0 Å². The number of aliphatic hydroxyl groups excluding tert-OH is 1. The smallest absolute Gasteiger partial charge is 0.0431 e. The Labute approximate surface area is 81.9 Å². The van der Waals surface area contributed by atoms with Crippen LogP contribution in [-0.4, -0.2) is 36.8 Å². The predicted molar refractivity (Wildman–Crippen MR) is 56.5 cm³/mol. The highest BCUT2D eigenvalue weighted by Crippen LogP contribution is 1.98. The fourth-order valence-electron chi connectivity index (χ4n) is 1.23. The van der Waals surface area contributed by atoms with Crippen LogP contribution in [0.4, 0.5) is 0 Å². The summed E-state index contributed by atoms with van der Waals surface area (Å²) >= 11 is 0. The third-order valence-electron chi connectivity index (χ3n) is 2.06. The molecule has 0 unspecified atom stereocenters. The Morgan fingerprint density at radius 3 is 2.46 bits per heavy atom. The van der Waals surface area contributed by atoms with Crippen LogP contribution in [0.1, 0.15) is 32.1 Å². The number of hydrogen-bond acceptors (Lipinski definition) is 2. The van der Waals surface area contributed by atoms with Crippen LogP contribution in [-0.2, 0) is 0 Å². The summed E-state index contributed by atoms with van der Waals surface area (Å²) < 4.78 is 0. The lowest BCUT2D eigenvalue weighted by atomic mass is 10.2. The average molecular weight is 183 g/mol. The molecule has 76 valence electrons. The molecular formula is C11H21NO. The number of terminal acetylenes is 1. The van der Waals surface area contributed by atoms with Gasteiger partial charge >= 0.3 is 0 Å². The summed E-state index contributed by atoms with van der Waals surface area (Å²) in [5.41, 5.74) is 0. The van der Waals surface area contributed by atoms with Crippen molar-refractivity contribution in [3.05, 3.63) is 0 Å². The van der Waals surface area contributed by atoms with Gasteiger partial charge in [0, 0.05) is 13.0 Å². The van der Waals surface area contributed by atoms with Crippen LogP contribution < -0.4 is 0 Å². The van der Waals surface area contributed by atoms with Gasteiger partial charge < -0.3 is 10.0 Å². The maximum Gasteiger partial charge on any atom is 0.0431 e. The van der Waals surface area contributed by atoms with Crippen molar-refractivity contribution in [3.8, 4) is 12.3 Å². The molecule has 2 nitrogen and oxygen atoms in total. The molecule has 0 aromatic rings. The van der Waals surface area contributed by atoms with Crippen molar-refractivity contribution < 1.29 is 5.11 Å². The van der Waals surface area contributed by atoms with E-state index in [1.165, 1.54) is 6.42 Å². The van der Waals surface area contributed by atoms with Crippen molar-refractivity contribution >= 4 is 0 Å². The van der Waals surface area contributed by atoms with Crippen molar-refractivity contribution in [1.82, 2.24) is 4.90 Å². The Morgan fingerprint density at radius 1 is 1.15 bits per heavy atom. The van der Waals surface area contributed by atoms with E-state index in [2.05, 4.69) is 17.9 Å². The van der Waals surface area contributed by atoms with Crippen LogP contribution >= 0.6 is 0 Å². The second kappa shape index (κ2) is 9.57. The number of unbranched alkanes of at least 4 members (excludes halogenated alkanes) is 3. The molecule has 0 amide bonds. The van der Waals surface area contributed by atoms with Gasteiger partial charge in [-0.2, -0.15) is 0 Å². The fraction of sp³-hybridized carbons (Fsp3) is 0.818. The summed E-state index contributed by atoms with van der Waals surface area (Å²) in [6.07, 6.45) is 10.3. The van der Waals surface area contributed by atoms with E-state index in [-0.39, 0.29) is 0 Å². The van der Waals surface area contributed by atoms with Gasteiger partial charge in [0.05, 0.1) is 0 Å². The lowest BCUT2D eigenvalue weighted by Crippen LogP contribution is -2.20. The monoisotopic (exact) mass is 183 g/mol. The zero-order valence-electron chi connectivity index (χ0n) is 8.63. The van der Waals surface area contributed by atoms with E-state index in [9.17, 15) is 0 Å². The van der Waals surface area contributed by atoms with E-state index in [1.54, 1.807) is 0 Å². The van der Waals surface area contributed by atoms with Crippen molar-refractivity contribution in [2.45, 2.75) is 32.1 Å². The number of rotatable bonds is 8. The zero-order chi connectivity index (χ0) is 9.94. The molecule has 0 rings (SSSR count). The topological polar surface area (TPSA) is 23.5 Å². The molecule has 0 atom stereocenters. The van der Waals surface area contributed by atoms with Crippen molar-refractivity contribution in [3.63, 3.8) is 0 Å². The van der Waals surface area contributed by atoms with Gasteiger partial charge in [0.15, 0.2) is 0 Å². The fourth-order valence-corrected chi connectivity index (χ4v) is 1.23. The molecule has 13 heavy (non-hydrogen) atoms. The Hall–Kier alpha value is -0.520. The Bertz CT molecular complexity index is 140. The summed E-state index contributed by atoms with van der Waals surface area (Å²) in [6, 6.07) is 0. The minimum absolute atomic E-state index is 0.320. The van der Waals surface area contributed by atoms with Gasteiger partial charge in [-0.3, -0.25) is 0 Å². The van der Waals surface area contributed by atoms with Gasteiger partial charge in [0.25, 0.3) is 0 Å². The first kappa shape index (κ1) is 12.5. The second-order valence-electron chi connectivity index (χ2n) is 3.40. The largest absolute Gasteiger partial charge is 0.396 e. The number of aliphatic hydroxyl groups is 1. The Balaban J connectivity index is 3.11. The first-order valence-electron chi connectivity index (χ1n) is 5.04. The predicted octanol–water partition coefficient (Wildman–Crippen LogP) is 1.49. The SMILES string of the molecule is C#CCCCN(C)CCCCCO. The normalized spacial score (nSPS) is 10.3. The molecule has 0 aliphatic heterocycles. The van der Waals surface area contributed by atoms with Crippen molar-refractivity contribution in [2.24, 2.45) is 0 Å². The van der Waals surface area contributed by atoms with E-state index in [1.807, 2.05) is 0 Å². The molecule has 0 aromatic carbocycles. The van der Waals surface area contributed by atoms with E-state index in [0.717, 1.165) is 38.8 Å². The van der Waals surface area contributed by atoms with Crippen molar-refractivity contribution in [2.75, 3.05) is 26.7 Å². The Kier molecular flexibility index (Phi) is 9.18. The van der Waals surface area contributed by atoms with Gasteiger partial charge in [-0.25, -0.2) is 0 Å². The maximum absolute atomic E-state index is 8.57. The van der Waals surface area contributed by atoms with E-state index in [4.69, 9.17) is 11.5 Å². The summed E-state index contributed by atoms with van der Waals surface area (Å²) in [7, 11) is 2.12. The van der Waals surface area contributed by atoms with Crippen LogP contribution in [0.3, 0.4) is 0 Å². The third-order valence-corrected chi connectivity index (χ3v) is 2.06. The molecule has 0 bridgehead atoms. The number of hydrogen-bond donors (Lipinski definition) is 1. The highest BCUT2D eigenvalue weighted by atomic mass is 16.2. The maximum atomic E-state index is 8.57. The highest BCUT2D eigenvalue weighted by Gasteiger charge is 1.96. The summed E-state index contributed by atoms with van der Waals surface area (Å²) in [5, 5.41) is 8.57. The molecule has 0 heterocycles.